The second-order valence-electron chi connectivity index (χ2n) is 6.58. The summed E-state index contributed by atoms with van der Waals surface area (Å²) >= 11 is 1.52. The number of nitrogens with zero attached hydrogens (tertiary/aromatic N) is 1. The highest BCUT2D eigenvalue weighted by Gasteiger charge is 2.06. The van der Waals surface area contributed by atoms with Crippen molar-refractivity contribution in [1.29, 1.82) is 0 Å². The average molecular weight is 385 g/mol. The lowest BCUT2D eigenvalue weighted by molar-refractivity contribution is -0.118. The number of hydrogen-bond donors (Lipinski definition) is 1. The van der Waals surface area contributed by atoms with Crippen molar-refractivity contribution < 1.29 is 4.79 Å². The van der Waals surface area contributed by atoms with Gasteiger partial charge < -0.3 is 0 Å². The Hall–Kier alpha value is -3.11. The smallest absolute Gasteiger partial charge is 0.250 e. The third-order valence-corrected chi connectivity index (χ3v) is 5.82. The van der Waals surface area contributed by atoms with Gasteiger partial charge in [-0.05, 0) is 46.2 Å². The third kappa shape index (κ3) is 3.92. The fourth-order valence-electron chi connectivity index (χ4n) is 3.25. The van der Waals surface area contributed by atoms with Gasteiger partial charge in [0.1, 0.15) is 0 Å². The van der Waals surface area contributed by atoms with Gasteiger partial charge >= 0.3 is 0 Å². The van der Waals surface area contributed by atoms with Crippen LogP contribution in [-0.4, -0.2) is 17.9 Å². The lowest BCUT2D eigenvalue weighted by Crippen LogP contribution is -2.19. The van der Waals surface area contributed by atoms with Gasteiger partial charge in [0.05, 0.1) is 12.0 Å². The highest BCUT2D eigenvalue weighted by atomic mass is 32.2. The first kappa shape index (κ1) is 18.3. The molecule has 0 aliphatic heterocycles. The lowest BCUT2D eigenvalue weighted by Gasteiger charge is -2.08. The van der Waals surface area contributed by atoms with Gasteiger partial charge in [-0.1, -0.05) is 66.7 Å². The molecular weight excluding hydrogens is 364 g/mol. The number of carbonyl (C=O) groups is 1. The Morgan fingerprint density at radius 2 is 1.54 bits per heavy atom. The van der Waals surface area contributed by atoms with Gasteiger partial charge in [-0.15, -0.1) is 11.8 Å². The highest BCUT2D eigenvalue weighted by Crippen LogP contribution is 2.27. The summed E-state index contributed by atoms with van der Waals surface area (Å²) in [7, 11) is 0. The predicted molar refractivity (Wildman–Crippen MR) is 119 cm³/mol. The first-order valence-electron chi connectivity index (χ1n) is 9.13. The van der Waals surface area contributed by atoms with E-state index in [2.05, 4.69) is 40.9 Å². The summed E-state index contributed by atoms with van der Waals surface area (Å²) in [5.41, 5.74) is 4.85. The molecule has 0 saturated heterocycles. The van der Waals surface area contributed by atoms with E-state index >= 15 is 0 Å². The molecule has 0 spiro atoms. The first-order chi connectivity index (χ1) is 13.7. The van der Waals surface area contributed by atoms with E-state index in [0.29, 0.717) is 5.75 Å². The van der Waals surface area contributed by atoms with Crippen molar-refractivity contribution in [2.45, 2.75) is 11.8 Å². The van der Waals surface area contributed by atoms with Crippen molar-refractivity contribution in [3.63, 3.8) is 0 Å². The van der Waals surface area contributed by atoms with Crippen LogP contribution in [0.25, 0.3) is 21.5 Å². The van der Waals surface area contributed by atoms with Crippen LogP contribution in [-0.2, 0) is 4.79 Å². The topological polar surface area (TPSA) is 41.5 Å². The molecule has 0 radical (unpaired) electrons. The molecule has 0 bridgehead atoms. The maximum Gasteiger partial charge on any atom is 0.250 e. The Kier molecular flexibility index (Phi) is 5.40. The molecular formula is C24H20N2OS. The zero-order valence-corrected chi connectivity index (χ0v) is 16.4. The van der Waals surface area contributed by atoms with Gasteiger partial charge in [0.15, 0.2) is 0 Å². The Morgan fingerprint density at radius 1 is 0.929 bits per heavy atom. The van der Waals surface area contributed by atoms with E-state index < -0.39 is 0 Å². The minimum Gasteiger partial charge on any atom is -0.272 e. The second-order valence-corrected chi connectivity index (χ2v) is 7.60. The molecule has 0 unspecified atom stereocenters. The number of benzene rings is 4. The van der Waals surface area contributed by atoms with Crippen LogP contribution in [0, 0.1) is 6.92 Å². The zero-order chi connectivity index (χ0) is 19.3. The molecule has 0 heterocycles. The fourth-order valence-corrected chi connectivity index (χ4v) is 4.07. The Labute approximate surface area is 168 Å². The largest absolute Gasteiger partial charge is 0.272 e. The number of amides is 1. The standard InChI is InChI=1S/C24H20N2OS/c1-17-8-2-7-13-23(17)28-16-24(27)26-25-15-22-20-11-5-3-9-18(20)14-19-10-4-6-12-21(19)22/h2-15H,16H2,1H3,(H,26,27). The molecule has 4 aromatic rings. The summed E-state index contributed by atoms with van der Waals surface area (Å²) in [6, 6.07) is 26.7. The van der Waals surface area contributed by atoms with Crippen molar-refractivity contribution in [2.24, 2.45) is 5.10 Å². The van der Waals surface area contributed by atoms with Crippen LogP contribution >= 0.6 is 11.8 Å². The molecule has 0 aliphatic rings. The summed E-state index contributed by atoms with van der Waals surface area (Å²) in [5.74, 6) is 0.215. The summed E-state index contributed by atoms with van der Waals surface area (Å²) < 4.78 is 0. The average Bonchev–Trinajstić information content (AvgIpc) is 2.72. The maximum atomic E-state index is 12.2. The van der Waals surface area contributed by atoms with Crippen LogP contribution in [0.5, 0.6) is 0 Å². The van der Waals surface area contributed by atoms with Crippen molar-refractivity contribution in [3.8, 4) is 0 Å². The molecule has 0 saturated carbocycles. The SMILES string of the molecule is Cc1ccccc1SCC(=O)NN=Cc1c2ccccc2cc2ccccc12. The molecule has 1 amide bonds. The van der Waals surface area contributed by atoms with Crippen LogP contribution in [0.1, 0.15) is 11.1 Å². The second kappa shape index (κ2) is 8.28. The van der Waals surface area contributed by atoms with E-state index in [1.807, 2.05) is 55.5 Å². The van der Waals surface area contributed by atoms with Crippen molar-refractivity contribution in [1.82, 2.24) is 5.43 Å². The minimum atomic E-state index is -0.117. The minimum absolute atomic E-state index is 0.117. The number of hydrogen-bond acceptors (Lipinski definition) is 3. The molecule has 138 valence electrons. The van der Waals surface area contributed by atoms with Gasteiger partial charge in [-0.2, -0.15) is 5.10 Å². The molecule has 4 rings (SSSR count). The van der Waals surface area contributed by atoms with Crippen molar-refractivity contribution >= 4 is 45.4 Å². The molecule has 1 N–H and O–H groups in total. The first-order valence-corrected chi connectivity index (χ1v) is 10.1. The predicted octanol–water partition coefficient (Wildman–Crippen LogP) is 5.54. The van der Waals surface area contributed by atoms with Crippen molar-refractivity contribution in [2.75, 3.05) is 5.75 Å². The molecule has 0 aliphatic carbocycles. The van der Waals surface area contributed by atoms with E-state index in [4.69, 9.17) is 0 Å². The zero-order valence-electron chi connectivity index (χ0n) is 15.6. The summed E-state index contributed by atoms with van der Waals surface area (Å²) in [6.07, 6.45) is 1.75. The van der Waals surface area contributed by atoms with Gasteiger partial charge in [0.2, 0.25) is 5.91 Å². The molecule has 3 nitrogen and oxygen atoms in total. The third-order valence-electron chi connectivity index (χ3n) is 4.65. The van der Waals surface area contributed by atoms with Gasteiger partial charge in [-0.3, -0.25) is 4.79 Å². The molecule has 4 heteroatoms. The van der Waals surface area contributed by atoms with Gasteiger partial charge in [0.25, 0.3) is 0 Å². The molecule has 0 aromatic heterocycles. The number of carbonyl (C=O) groups excluding carboxylic acids is 1. The van der Waals surface area contributed by atoms with Crippen LogP contribution in [0.3, 0.4) is 0 Å². The molecule has 28 heavy (non-hydrogen) atoms. The van der Waals surface area contributed by atoms with E-state index in [9.17, 15) is 4.79 Å². The molecule has 0 fully saturated rings. The van der Waals surface area contributed by atoms with E-state index in [1.165, 1.54) is 17.3 Å². The Balaban J connectivity index is 1.53. The fraction of sp³-hybridized carbons (Fsp3) is 0.0833. The number of hydrazone groups is 1. The summed E-state index contributed by atoms with van der Waals surface area (Å²) in [4.78, 5) is 13.3. The van der Waals surface area contributed by atoms with Crippen molar-refractivity contribution in [3.05, 3.63) is 90.0 Å². The number of nitrogens with one attached hydrogen (secondary N) is 1. The quantitative estimate of drug-likeness (QED) is 0.212. The normalized spacial score (nSPS) is 11.3. The Morgan fingerprint density at radius 3 is 2.21 bits per heavy atom. The van der Waals surface area contributed by atoms with Crippen LogP contribution < -0.4 is 5.43 Å². The number of fused-ring (bicyclic) bond motifs is 2. The highest BCUT2D eigenvalue weighted by molar-refractivity contribution is 8.00. The molecule has 4 aromatic carbocycles. The lowest BCUT2D eigenvalue weighted by atomic mass is 9.97. The van der Waals surface area contributed by atoms with Gasteiger partial charge in [0, 0.05) is 10.5 Å². The maximum absolute atomic E-state index is 12.2. The van der Waals surface area contributed by atoms with E-state index in [1.54, 1.807) is 6.21 Å². The van der Waals surface area contributed by atoms with Crippen LogP contribution in [0.4, 0.5) is 0 Å². The van der Waals surface area contributed by atoms with Gasteiger partial charge in [-0.25, -0.2) is 5.43 Å². The van der Waals surface area contributed by atoms with E-state index in [0.717, 1.165) is 32.0 Å². The molecule has 0 atom stereocenters. The van der Waals surface area contributed by atoms with E-state index in [-0.39, 0.29) is 5.91 Å². The number of thioether (sulfide) groups is 1. The summed E-state index contributed by atoms with van der Waals surface area (Å²) in [5, 5.41) is 8.79. The number of aryl methyl sites for hydroxylation is 1. The van der Waals surface area contributed by atoms with Crippen LogP contribution in [0.15, 0.2) is 88.9 Å². The Bertz CT molecular complexity index is 1130. The van der Waals surface area contributed by atoms with Crippen LogP contribution in [0.2, 0.25) is 0 Å². The number of rotatable bonds is 5. The summed E-state index contributed by atoms with van der Waals surface area (Å²) in [6.45, 7) is 2.05. The monoisotopic (exact) mass is 384 g/mol.